The molecule has 1 aromatic heterocycles. The number of carbonyl (C=O) groups is 1. The maximum Gasteiger partial charge on any atom is 0.222 e. The SMILES string of the molecule is O=C(CCC1(c2ccc(Cl)cc2)c2ccccc2-c2nccn21)N1CCC(CN2CCC(F)CC2)CC1. The number of amides is 1. The van der Waals surface area contributed by atoms with Crippen LogP contribution in [0.1, 0.15) is 49.7 Å². The van der Waals surface area contributed by atoms with Gasteiger partial charge in [0.1, 0.15) is 12.0 Å². The molecule has 4 heterocycles. The quantitative estimate of drug-likeness (QED) is 0.415. The number of rotatable bonds is 6. The van der Waals surface area contributed by atoms with Gasteiger partial charge in [0.2, 0.25) is 5.91 Å². The predicted octanol–water partition coefficient (Wildman–Crippen LogP) is 5.76. The summed E-state index contributed by atoms with van der Waals surface area (Å²) in [6, 6.07) is 16.4. The zero-order valence-corrected chi connectivity index (χ0v) is 21.9. The maximum atomic E-state index is 13.5. The van der Waals surface area contributed by atoms with E-state index in [4.69, 9.17) is 11.6 Å². The number of hydrogen-bond donors (Lipinski definition) is 0. The van der Waals surface area contributed by atoms with Crippen molar-refractivity contribution in [3.63, 3.8) is 0 Å². The highest BCUT2D eigenvalue weighted by Gasteiger charge is 2.45. The zero-order chi connectivity index (χ0) is 25.4. The smallest absolute Gasteiger partial charge is 0.222 e. The average molecular weight is 521 g/mol. The van der Waals surface area contributed by atoms with E-state index in [1.54, 1.807) is 0 Å². The number of imidazole rings is 1. The molecule has 0 N–H and O–H groups in total. The number of piperidine rings is 2. The number of benzene rings is 2. The van der Waals surface area contributed by atoms with Gasteiger partial charge in [0.25, 0.3) is 0 Å². The molecule has 3 aromatic rings. The molecule has 2 fully saturated rings. The third-order valence-corrected chi connectivity index (χ3v) is 8.94. The summed E-state index contributed by atoms with van der Waals surface area (Å²) >= 11 is 6.25. The first kappa shape index (κ1) is 24.6. The normalized spacial score (nSPS) is 22.7. The Labute approximate surface area is 223 Å². The molecule has 3 aliphatic rings. The fourth-order valence-corrected chi connectivity index (χ4v) is 6.78. The van der Waals surface area contributed by atoms with Crippen molar-refractivity contribution in [3.05, 3.63) is 77.1 Å². The summed E-state index contributed by atoms with van der Waals surface area (Å²) in [5.41, 5.74) is 2.92. The van der Waals surface area contributed by atoms with Crippen LogP contribution in [-0.2, 0) is 10.3 Å². The Hall–Kier alpha value is -2.70. The molecule has 1 atom stereocenters. The van der Waals surface area contributed by atoms with E-state index in [-0.39, 0.29) is 5.91 Å². The van der Waals surface area contributed by atoms with Crippen LogP contribution in [0.3, 0.4) is 0 Å². The second-order valence-electron chi connectivity index (χ2n) is 10.8. The summed E-state index contributed by atoms with van der Waals surface area (Å²) in [4.78, 5) is 22.6. The highest BCUT2D eigenvalue weighted by molar-refractivity contribution is 6.30. The van der Waals surface area contributed by atoms with E-state index in [0.29, 0.717) is 36.6 Å². The van der Waals surface area contributed by atoms with Crippen LogP contribution in [-0.4, -0.2) is 64.2 Å². The van der Waals surface area contributed by atoms with E-state index in [0.717, 1.165) is 62.5 Å². The number of alkyl halides is 1. The Morgan fingerprint density at radius 3 is 2.49 bits per heavy atom. The molecule has 194 valence electrons. The van der Waals surface area contributed by atoms with Gasteiger partial charge in [-0.2, -0.15) is 0 Å². The van der Waals surface area contributed by atoms with Gasteiger partial charge in [-0.3, -0.25) is 4.79 Å². The second-order valence-corrected chi connectivity index (χ2v) is 11.3. The number of fused-ring (bicyclic) bond motifs is 3. The Bertz CT molecular complexity index is 1240. The first-order chi connectivity index (χ1) is 18.0. The maximum absolute atomic E-state index is 13.5. The lowest BCUT2D eigenvalue weighted by Crippen LogP contribution is -2.44. The van der Waals surface area contributed by atoms with Gasteiger partial charge in [0.15, 0.2) is 0 Å². The molecule has 0 radical (unpaired) electrons. The molecule has 6 rings (SSSR count). The summed E-state index contributed by atoms with van der Waals surface area (Å²) in [5.74, 6) is 1.75. The molecule has 2 saturated heterocycles. The van der Waals surface area contributed by atoms with Crippen molar-refractivity contribution in [3.8, 4) is 11.4 Å². The third kappa shape index (κ3) is 4.59. The minimum Gasteiger partial charge on any atom is -0.343 e. The topological polar surface area (TPSA) is 41.4 Å². The number of aromatic nitrogens is 2. The lowest BCUT2D eigenvalue weighted by Gasteiger charge is -2.37. The molecular weight excluding hydrogens is 487 g/mol. The molecule has 5 nitrogen and oxygen atoms in total. The lowest BCUT2D eigenvalue weighted by molar-refractivity contribution is -0.133. The van der Waals surface area contributed by atoms with Crippen molar-refractivity contribution in [2.75, 3.05) is 32.7 Å². The van der Waals surface area contributed by atoms with E-state index in [2.05, 4.69) is 49.7 Å². The molecule has 0 bridgehead atoms. The molecular formula is C30H34ClFN4O. The standard InChI is InChI=1S/C30H34ClFN4O/c31-24-7-5-23(6-8-24)30(27-4-2-1-3-26(27)29-33-15-20-36(29)30)14-9-28(37)35-18-10-22(11-19-35)21-34-16-12-25(32)13-17-34/h1-8,15,20,22,25H,9-14,16-19,21H2. The Kier molecular flexibility index (Phi) is 6.80. The van der Waals surface area contributed by atoms with E-state index < -0.39 is 11.7 Å². The van der Waals surface area contributed by atoms with Crippen LogP contribution in [0.15, 0.2) is 60.9 Å². The molecule has 1 amide bonds. The van der Waals surface area contributed by atoms with Gasteiger partial charge in [0, 0.05) is 62.1 Å². The van der Waals surface area contributed by atoms with Gasteiger partial charge in [-0.25, -0.2) is 9.37 Å². The summed E-state index contributed by atoms with van der Waals surface area (Å²) in [6.45, 7) is 4.39. The number of carbonyl (C=O) groups excluding carboxylic acids is 1. The van der Waals surface area contributed by atoms with Crippen LogP contribution < -0.4 is 0 Å². The summed E-state index contributed by atoms with van der Waals surface area (Å²) in [6.07, 6.45) is 7.75. The molecule has 37 heavy (non-hydrogen) atoms. The number of hydrogen-bond acceptors (Lipinski definition) is 3. The molecule has 0 aliphatic carbocycles. The summed E-state index contributed by atoms with van der Waals surface area (Å²) in [7, 11) is 0. The van der Waals surface area contributed by atoms with Crippen molar-refractivity contribution in [1.82, 2.24) is 19.4 Å². The molecule has 0 spiro atoms. The van der Waals surface area contributed by atoms with Crippen molar-refractivity contribution < 1.29 is 9.18 Å². The molecule has 0 saturated carbocycles. The van der Waals surface area contributed by atoms with Gasteiger partial charge >= 0.3 is 0 Å². The summed E-state index contributed by atoms with van der Waals surface area (Å²) < 4.78 is 15.7. The van der Waals surface area contributed by atoms with Crippen LogP contribution >= 0.6 is 11.6 Å². The van der Waals surface area contributed by atoms with Crippen molar-refractivity contribution in [1.29, 1.82) is 0 Å². The second kappa shape index (κ2) is 10.2. The zero-order valence-electron chi connectivity index (χ0n) is 21.2. The van der Waals surface area contributed by atoms with E-state index >= 15 is 0 Å². The van der Waals surface area contributed by atoms with Crippen LogP contribution in [0.4, 0.5) is 4.39 Å². The van der Waals surface area contributed by atoms with Crippen LogP contribution in [0.2, 0.25) is 5.02 Å². The first-order valence-corrected chi connectivity index (χ1v) is 14.0. The monoisotopic (exact) mass is 520 g/mol. The fourth-order valence-electron chi connectivity index (χ4n) is 6.66. The number of halogens is 2. The lowest BCUT2D eigenvalue weighted by atomic mass is 9.79. The van der Waals surface area contributed by atoms with Gasteiger partial charge in [-0.15, -0.1) is 0 Å². The van der Waals surface area contributed by atoms with Crippen molar-refractivity contribution >= 4 is 17.5 Å². The number of likely N-dealkylation sites (tertiary alicyclic amines) is 2. The first-order valence-electron chi connectivity index (χ1n) is 13.6. The largest absolute Gasteiger partial charge is 0.343 e. The summed E-state index contributed by atoms with van der Waals surface area (Å²) in [5, 5.41) is 0.698. The van der Waals surface area contributed by atoms with Gasteiger partial charge in [-0.05, 0) is 61.3 Å². The highest BCUT2D eigenvalue weighted by Crippen LogP contribution is 2.49. The van der Waals surface area contributed by atoms with Gasteiger partial charge in [-0.1, -0.05) is 48.0 Å². The van der Waals surface area contributed by atoms with Gasteiger partial charge < -0.3 is 14.4 Å². The Balaban J connectivity index is 1.17. The average Bonchev–Trinajstić information content (AvgIpc) is 3.51. The highest BCUT2D eigenvalue weighted by atomic mass is 35.5. The molecule has 2 aromatic carbocycles. The predicted molar refractivity (Wildman–Crippen MR) is 144 cm³/mol. The molecule has 7 heteroatoms. The van der Waals surface area contributed by atoms with Crippen molar-refractivity contribution in [2.45, 2.75) is 50.2 Å². The van der Waals surface area contributed by atoms with Crippen LogP contribution in [0.5, 0.6) is 0 Å². The van der Waals surface area contributed by atoms with Crippen LogP contribution in [0.25, 0.3) is 11.4 Å². The Morgan fingerprint density at radius 2 is 1.73 bits per heavy atom. The minimum absolute atomic E-state index is 0.219. The molecule has 3 aliphatic heterocycles. The van der Waals surface area contributed by atoms with Crippen LogP contribution in [0, 0.1) is 5.92 Å². The van der Waals surface area contributed by atoms with E-state index in [1.165, 1.54) is 5.56 Å². The van der Waals surface area contributed by atoms with Gasteiger partial charge in [0.05, 0.1) is 5.54 Å². The minimum atomic E-state index is -0.628. The third-order valence-electron chi connectivity index (χ3n) is 8.69. The van der Waals surface area contributed by atoms with Crippen molar-refractivity contribution in [2.24, 2.45) is 5.92 Å². The molecule has 1 unspecified atom stereocenters. The fraction of sp³-hybridized carbons (Fsp3) is 0.467. The van der Waals surface area contributed by atoms with E-state index in [9.17, 15) is 9.18 Å². The van der Waals surface area contributed by atoms with E-state index in [1.807, 2.05) is 30.6 Å². The Morgan fingerprint density at radius 1 is 1.00 bits per heavy atom. The number of nitrogens with zero attached hydrogens (tertiary/aromatic N) is 4.